The maximum atomic E-state index is 13.4. The number of benzene rings is 2. The topological polar surface area (TPSA) is 137 Å². The Kier molecular flexibility index (Phi) is 6.34. The zero-order chi connectivity index (χ0) is 28.0. The molecule has 10 nitrogen and oxygen atoms in total. The average molecular weight is 542 g/mol. The second-order valence-electron chi connectivity index (χ2n) is 11.3. The van der Waals surface area contributed by atoms with Gasteiger partial charge in [-0.2, -0.15) is 0 Å². The number of furan rings is 1. The van der Waals surface area contributed by atoms with Crippen molar-refractivity contribution in [2.45, 2.75) is 45.6 Å². The van der Waals surface area contributed by atoms with Crippen LogP contribution in [0.25, 0.3) is 21.9 Å². The van der Waals surface area contributed by atoms with E-state index in [2.05, 4.69) is 25.7 Å². The molecule has 4 heterocycles. The quantitative estimate of drug-likeness (QED) is 0.183. The van der Waals surface area contributed by atoms with Crippen molar-refractivity contribution in [1.29, 1.82) is 0 Å². The largest absolute Gasteiger partial charge is 0.508 e. The van der Waals surface area contributed by atoms with Crippen molar-refractivity contribution in [3.05, 3.63) is 71.3 Å². The molecular weight excluding hydrogens is 510 g/mol. The van der Waals surface area contributed by atoms with Crippen molar-refractivity contribution >= 4 is 45.2 Å². The SMILES string of the molecule is CC(C)(C)c1cc(NC(=O)Nc2ccc3oc(C(=O)c4cc5c(CN6CCCC6)c(O)ccc5[nH]4)cc3c2)no1. The smallest absolute Gasteiger partial charge is 0.324 e. The highest BCUT2D eigenvalue weighted by Gasteiger charge is 2.22. The number of aromatic hydroxyl groups is 1. The van der Waals surface area contributed by atoms with E-state index in [0.717, 1.165) is 42.4 Å². The van der Waals surface area contributed by atoms with E-state index in [-0.39, 0.29) is 22.7 Å². The first-order valence-electron chi connectivity index (χ1n) is 13.3. The third kappa shape index (κ3) is 5.05. The van der Waals surface area contributed by atoms with Gasteiger partial charge >= 0.3 is 6.03 Å². The first-order chi connectivity index (χ1) is 19.1. The Labute approximate surface area is 230 Å². The minimum atomic E-state index is -0.473. The Hall–Kier alpha value is -4.57. The Morgan fingerprint density at radius 2 is 1.85 bits per heavy atom. The van der Waals surface area contributed by atoms with Crippen LogP contribution in [0.15, 0.2) is 57.5 Å². The lowest BCUT2D eigenvalue weighted by molar-refractivity contribution is 0.101. The third-order valence-electron chi connectivity index (χ3n) is 7.20. The number of amides is 2. The fraction of sp³-hybridized carbons (Fsp3) is 0.300. The van der Waals surface area contributed by atoms with E-state index in [1.165, 1.54) is 0 Å². The van der Waals surface area contributed by atoms with Gasteiger partial charge in [-0.3, -0.25) is 15.0 Å². The molecule has 0 atom stereocenters. The molecule has 2 aromatic carbocycles. The van der Waals surface area contributed by atoms with Crippen LogP contribution in [-0.2, 0) is 12.0 Å². The number of urea groups is 1. The van der Waals surface area contributed by atoms with E-state index < -0.39 is 6.03 Å². The number of nitrogens with one attached hydrogen (secondary N) is 3. The van der Waals surface area contributed by atoms with Gasteiger partial charge in [0.25, 0.3) is 0 Å². The first-order valence-corrected chi connectivity index (χ1v) is 13.3. The molecule has 5 aromatic rings. The highest BCUT2D eigenvalue weighted by molar-refractivity contribution is 6.10. The van der Waals surface area contributed by atoms with Gasteiger partial charge in [-0.25, -0.2) is 4.79 Å². The summed E-state index contributed by atoms with van der Waals surface area (Å²) in [7, 11) is 0. The van der Waals surface area contributed by atoms with Gasteiger partial charge in [-0.15, -0.1) is 0 Å². The van der Waals surface area contributed by atoms with Crippen molar-refractivity contribution < 1.29 is 23.6 Å². The fourth-order valence-electron chi connectivity index (χ4n) is 5.04. The summed E-state index contributed by atoms with van der Waals surface area (Å²) in [5.41, 5.74) is 2.79. The van der Waals surface area contributed by atoms with Crippen LogP contribution >= 0.6 is 0 Å². The van der Waals surface area contributed by atoms with Crippen molar-refractivity contribution in [3.63, 3.8) is 0 Å². The molecule has 206 valence electrons. The summed E-state index contributed by atoms with van der Waals surface area (Å²) in [5, 5.41) is 21.4. The minimum absolute atomic E-state index is 0.172. The predicted molar refractivity (Wildman–Crippen MR) is 152 cm³/mol. The highest BCUT2D eigenvalue weighted by Crippen LogP contribution is 2.32. The summed E-state index contributed by atoms with van der Waals surface area (Å²) in [6.07, 6.45) is 2.31. The van der Waals surface area contributed by atoms with Gasteiger partial charge in [0.2, 0.25) is 5.78 Å². The summed E-state index contributed by atoms with van der Waals surface area (Å²) >= 11 is 0. The second kappa shape index (κ2) is 9.87. The molecular formula is C30H31N5O5. The number of H-pyrrole nitrogens is 1. The standard InChI is InChI=1S/C30H31N5O5/c1-30(2,3)26-15-27(34-40-26)33-29(38)31-18-6-9-24-17(12-18)13-25(39-24)28(37)22-14-19-20(16-35-10-4-5-11-35)23(36)8-7-21(19)32-22/h6-9,12-15,32,36H,4-5,10-11,16H2,1-3H3,(H2,31,33,34,38). The van der Waals surface area contributed by atoms with Crippen LogP contribution in [0.2, 0.25) is 0 Å². The van der Waals surface area contributed by atoms with Crippen molar-refractivity contribution in [1.82, 2.24) is 15.0 Å². The zero-order valence-corrected chi connectivity index (χ0v) is 22.6. The number of aromatic amines is 1. The van der Waals surface area contributed by atoms with Gasteiger partial charge < -0.3 is 24.3 Å². The van der Waals surface area contributed by atoms with Crippen LogP contribution in [0.4, 0.5) is 16.3 Å². The van der Waals surface area contributed by atoms with E-state index >= 15 is 0 Å². The summed E-state index contributed by atoms with van der Waals surface area (Å²) in [6.45, 7) is 8.62. The molecule has 0 saturated carbocycles. The van der Waals surface area contributed by atoms with Crippen LogP contribution in [-0.4, -0.2) is 45.1 Å². The lowest BCUT2D eigenvalue weighted by atomic mass is 9.93. The molecule has 0 spiro atoms. The molecule has 0 unspecified atom stereocenters. The van der Waals surface area contributed by atoms with E-state index in [4.69, 9.17) is 8.94 Å². The molecule has 2 amide bonds. The van der Waals surface area contributed by atoms with E-state index in [0.29, 0.717) is 40.5 Å². The second-order valence-corrected chi connectivity index (χ2v) is 11.3. The summed E-state index contributed by atoms with van der Waals surface area (Å²) in [4.78, 5) is 31.4. The molecule has 40 heavy (non-hydrogen) atoms. The number of hydrogen-bond donors (Lipinski definition) is 4. The van der Waals surface area contributed by atoms with Crippen molar-refractivity contribution in [3.8, 4) is 5.75 Å². The molecule has 3 aromatic heterocycles. The van der Waals surface area contributed by atoms with Gasteiger partial charge in [0.15, 0.2) is 11.6 Å². The molecule has 0 bridgehead atoms. The molecule has 1 aliphatic rings. The predicted octanol–water partition coefficient (Wildman–Crippen LogP) is 6.38. The Balaban J connectivity index is 1.19. The van der Waals surface area contributed by atoms with Crippen LogP contribution in [0.3, 0.4) is 0 Å². The number of anilines is 2. The summed E-state index contributed by atoms with van der Waals surface area (Å²) in [5.74, 6) is 1.07. The lowest BCUT2D eigenvalue weighted by Crippen LogP contribution is -2.19. The summed E-state index contributed by atoms with van der Waals surface area (Å²) < 4.78 is 11.2. The zero-order valence-electron chi connectivity index (χ0n) is 22.6. The van der Waals surface area contributed by atoms with Gasteiger partial charge in [0, 0.05) is 45.6 Å². The fourth-order valence-corrected chi connectivity index (χ4v) is 5.04. The highest BCUT2D eigenvalue weighted by atomic mass is 16.5. The lowest BCUT2D eigenvalue weighted by Gasteiger charge is -2.16. The number of phenols is 1. The maximum absolute atomic E-state index is 13.4. The van der Waals surface area contributed by atoms with Crippen LogP contribution < -0.4 is 10.6 Å². The molecule has 6 rings (SSSR count). The maximum Gasteiger partial charge on any atom is 0.324 e. The van der Waals surface area contributed by atoms with Crippen LogP contribution in [0.5, 0.6) is 5.75 Å². The molecule has 10 heteroatoms. The van der Waals surface area contributed by atoms with Crippen molar-refractivity contribution in [2.75, 3.05) is 23.7 Å². The van der Waals surface area contributed by atoms with Gasteiger partial charge in [0.05, 0.1) is 5.69 Å². The van der Waals surface area contributed by atoms with E-state index in [1.54, 1.807) is 48.5 Å². The number of phenolic OH excluding ortho intramolecular Hbond substituents is 1. The average Bonchev–Trinajstić information content (AvgIpc) is 3.70. The van der Waals surface area contributed by atoms with E-state index in [1.807, 2.05) is 20.8 Å². The number of fused-ring (bicyclic) bond motifs is 2. The molecule has 1 aliphatic heterocycles. The van der Waals surface area contributed by atoms with Gasteiger partial charge in [-0.05, 0) is 68.4 Å². The third-order valence-corrected chi connectivity index (χ3v) is 7.20. The Morgan fingerprint density at radius 3 is 2.60 bits per heavy atom. The Morgan fingerprint density at radius 1 is 1.05 bits per heavy atom. The summed E-state index contributed by atoms with van der Waals surface area (Å²) in [6, 6.07) is 13.2. The van der Waals surface area contributed by atoms with Crippen LogP contribution in [0.1, 0.15) is 61.2 Å². The number of carbonyl (C=O) groups excluding carboxylic acids is 2. The van der Waals surface area contributed by atoms with E-state index in [9.17, 15) is 14.7 Å². The number of nitrogens with zero attached hydrogens (tertiary/aromatic N) is 2. The van der Waals surface area contributed by atoms with Crippen LogP contribution in [0, 0.1) is 0 Å². The molecule has 4 N–H and O–H groups in total. The van der Waals surface area contributed by atoms with Gasteiger partial charge in [0.1, 0.15) is 17.1 Å². The molecule has 0 radical (unpaired) electrons. The number of ketones is 1. The number of hydrogen-bond acceptors (Lipinski definition) is 7. The Bertz CT molecular complexity index is 1730. The first kappa shape index (κ1) is 25.7. The molecule has 1 saturated heterocycles. The number of rotatable bonds is 6. The number of aromatic nitrogens is 2. The normalized spacial score (nSPS) is 14.3. The minimum Gasteiger partial charge on any atom is -0.508 e. The number of carbonyl (C=O) groups is 2. The van der Waals surface area contributed by atoms with Gasteiger partial charge in [-0.1, -0.05) is 25.9 Å². The molecule has 1 fully saturated rings. The molecule has 0 aliphatic carbocycles. The monoisotopic (exact) mass is 541 g/mol. The van der Waals surface area contributed by atoms with Crippen molar-refractivity contribution in [2.24, 2.45) is 0 Å². The number of likely N-dealkylation sites (tertiary alicyclic amines) is 1.